The molecule has 0 saturated heterocycles. The molecule has 10 heteroatoms. The van der Waals surface area contributed by atoms with Crippen LogP contribution in [0.25, 0.3) is 50.5 Å². The number of imidazole rings is 1. The molecule has 5 aromatic heterocycles. The van der Waals surface area contributed by atoms with E-state index in [1.165, 1.54) is 6.07 Å². The standard InChI is InChI=1S/C28H25F2N7S/c1-6-20-24(25(30)15(4)17-9-18(11-31-10-17)33-16(5)14(2)3)27(37-36-20)28-34-21-13-32-12-19(26(21)35-28)22-7-8-23(29)38-22/h6-14,33,36H,4-5H2,1-3H3,(H,34,35)/b20-6+,25-24-. The van der Waals surface area contributed by atoms with Crippen molar-refractivity contribution in [2.45, 2.75) is 20.8 Å². The number of nitrogens with one attached hydrogen (secondary N) is 3. The molecule has 3 N–H and O–H groups in total. The van der Waals surface area contributed by atoms with E-state index in [1.807, 2.05) is 13.8 Å². The van der Waals surface area contributed by atoms with Gasteiger partial charge in [0.25, 0.3) is 0 Å². The Labute approximate surface area is 221 Å². The Balaban J connectivity index is 1.61. The van der Waals surface area contributed by atoms with Crippen molar-refractivity contribution in [1.29, 1.82) is 0 Å². The lowest BCUT2D eigenvalue weighted by atomic mass is 10.1. The summed E-state index contributed by atoms with van der Waals surface area (Å²) in [5.41, 5.74) is 4.33. The Hall–Kier alpha value is -4.44. The lowest BCUT2D eigenvalue weighted by Crippen LogP contribution is -2.26. The third-order valence-electron chi connectivity index (χ3n) is 6.11. The van der Waals surface area contributed by atoms with Gasteiger partial charge < -0.3 is 10.3 Å². The number of anilines is 1. The molecule has 5 heterocycles. The van der Waals surface area contributed by atoms with Crippen LogP contribution in [-0.4, -0.2) is 30.1 Å². The highest BCUT2D eigenvalue weighted by Gasteiger charge is 2.19. The van der Waals surface area contributed by atoms with E-state index in [9.17, 15) is 4.39 Å². The van der Waals surface area contributed by atoms with Crippen LogP contribution in [0.4, 0.5) is 14.5 Å². The highest BCUT2D eigenvalue weighted by Crippen LogP contribution is 2.32. The maximum atomic E-state index is 16.1. The van der Waals surface area contributed by atoms with Gasteiger partial charge in [-0.05, 0) is 31.0 Å². The fourth-order valence-electron chi connectivity index (χ4n) is 3.92. The summed E-state index contributed by atoms with van der Waals surface area (Å²) in [5, 5.41) is 10.9. The topological polar surface area (TPSA) is 95.2 Å². The van der Waals surface area contributed by atoms with Gasteiger partial charge in [-0.1, -0.05) is 33.1 Å². The Kier molecular flexibility index (Phi) is 6.73. The molecule has 0 aliphatic rings. The number of pyridine rings is 2. The van der Waals surface area contributed by atoms with Crippen LogP contribution in [-0.2, 0) is 0 Å². The van der Waals surface area contributed by atoms with E-state index in [0.29, 0.717) is 43.9 Å². The summed E-state index contributed by atoms with van der Waals surface area (Å²) in [7, 11) is 0. The van der Waals surface area contributed by atoms with E-state index in [1.54, 1.807) is 49.9 Å². The van der Waals surface area contributed by atoms with Gasteiger partial charge in [-0.25, -0.2) is 9.37 Å². The van der Waals surface area contributed by atoms with Crippen LogP contribution in [0.1, 0.15) is 26.3 Å². The van der Waals surface area contributed by atoms with Gasteiger partial charge in [0, 0.05) is 39.7 Å². The summed E-state index contributed by atoms with van der Waals surface area (Å²) >= 11 is 1.00. The lowest BCUT2D eigenvalue weighted by molar-refractivity contribution is 0.657. The van der Waals surface area contributed by atoms with E-state index >= 15 is 4.39 Å². The molecule has 192 valence electrons. The van der Waals surface area contributed by atoms with Gasteiger partial charge >= 0.3 is 0 Å². The summed E-state index contributed by atoms with van der Waals surface area (Å²) in [5.74, 6) is -0.00219. The number of aromatic amines is 2. The second-order valence-electron chi connectivity index (χ2n) is 8.98. The predicted molar refractivity (Wildman–Crippen MR) is 150 cm³/mol. The molecule has 5 aromatic rings. The minimum absolute atomic E-state index is 0.148. The van der Waals surface area contributed by atoms with E-state index in [4.69, 9.17) is 4.98 Å². The molecule has 0 unspecified atom stereocenters. The Morgan fingerprint density at radius 2 is 1.92 bits per heavy atom. The summed E-state index contributed by atoms with van der Waals surface area (Å²) in [6, 6.07) is 4.85. The van der Waals surface area contributed by atoms with Crippen molar-refractivity contribution >= 4 is 45.5 Å². The molecule has 0 amide bonds. The van der Waals surface area contributed by atoms with Crippen molar-refractivity contribution < 1.29 is 8.78 Å². The maximum Gasteiger partial charge on any atom is 0.176 e. The number of nitrogens with zero attached hydrogens (tertiary/aromatic N) is 4. The average molecular weight is 530 g/mol. The van der Waals surface area contributed by atoms with Crippen LogP contribution in [0.5, 0.6) is 0 Å². The third kappa shape index (κ3) is 4.66. The first-order chi connectivity index (χ1) is 18.3. The van der Waals surface area contributed by atoms with Gasteiger partial charge in [0.05, 0.1) is 34.2 Å². The quantitative estimate of drug-likeness (QED) is 0.248. The highest BCUT2D eigenvalue weighted by molar-refractivity contribution is 7.14. The molecule has 0 atom stereocenters. The van der Waals surface area contributed by atoms with Gasteiger partial charge in [-0.2, -0.15) is 9.49 Å². The van der Waals surface area contributed by atoms with Gasteiger partial charge in [-0.3, -0.25) is 15.1 Å². The summed E-state index contributed by atoms with van der Waals surface area (Å²) in [4.78, 5) is 17.1. The van der Waals surface area contributed by atoms with Crippen molar-refractivity contribution in [3.05, 3.63) is 83.1 Å². The second kappa shape index (κ2) is 10.1. The zero-order valence-corrected chi connectivity index (χ0v) is 21.9. The van der Waals surface area contributed by atoms with Crippen molar-refractivity contribution in [2.24, 2.45) is 5.92 Å². The van der Waals surface area contributed by atoms with Crippen LogP contribution < -0.4 is 15.9 Å². The Morgan fingerprint density at radius 3 is 2.63 bits per heavy atom. The van der Waals surface area contributed by atoms with E-state index in [0.717, 1.165) is 17.0 Å². The van der Waals surface area contributed by atoms with E-state index in [-0.39, 0.29) is 27.5 Å². The molecule has 5 rings (SSSR count). The molecule has 0 spiro atoms. The van der Waals surface area contributed by atoms with Crippen LogP contribution in [0, 0.1) is 11.0 Å². The molecule has 0 aromatic carbocycles. The van der Waals surface area contributed by atoms with Gasteiger partial charge in [0.15, 0.2) is 11.0 Å². The minimum atomic E-state index is -0.567. The summed E-state index contributed by atoms with van der Waals surface area (Å²) in [6.07, 6.45) is 8.18. The highest BCUT2D eigenvalue weighted by atomic mass is 32.1. The van der Waals surface area contributed by atoms with Gasteiger partial charge in [0.1, 0.15) is 17.0 Å². The normalized spacial score (nSPS) is 12.8. The number of rotatable bonds is 7. The van der Waals surface area contributed by atoms with Crippen LogP contribution in [0.15, 0.2) is 61.8 Å². The number of allylic oxidation sites excluding steroid dienone is 2. The van der Waals surface area contributed by atoms with Crippen molar-refractivity contribution in [3.8, 4) is 22.0 Å². The molecular formula is C28H25F2N7S. The van der Waals surface area contributed by atoms with E-state index in [2.05, 4.69) is 43.6 Å². The molecule has 0 aliphatic heterocycles. The Bertz CT molecular complexity index is 1810. The number of fused-ring (bicyclic) bond motifs is 1. The molecule has 38 heavy (non-hydrogen) atoms. The molecule has 0 fully saturated rings. The Morgan fingerprint density at radius 1 is 1.13 bits per heavy atom. The smallest absolute Gasteiger partial charge is 0.176 e. The number of H-pyrrole nitrogens is 2. The summed E-state index contributed by atoms with van der Waals surface area (Å²) < 4.78 is 29.8. The van der Waals surface area contributed by atoms with Gasteiger partial charge in [-0.15, -0.1) is 11.3 Å². The van der Waals surface area contributed by atoms with Crippen LogP contribution in [0.2, 0.25) is 0 Å². The number of thiophene rings is 1. The number of hydrogen-bond acceptors (Lipinski definition) is 6. The second-order valence-corrected chi connectivity index (χ2v) is 10.0. The monoisotopic (exact) mass is 529 g/mol. The fourth-order valence-corrected chi connectivity index (χ4v) is 4.66. The molecular weight excluding hydrogens is 504 g/mol. The van der Waals surface area contributed by atoms with Crippen molar-refractivity contribution in [3.63, 3.8) is 0 Å². The average Bonchev–Trinajstić information content (AvgIpc) is 3.65. The van der Waals surface area contributed by atoms with Gasteiger partial charge in [0.2, 0.25) is 0 Å². The first-order valence-corrected chi connectivity index (χ1v) is 12.7. The number of halogens is 2. The van der Waals surface area contributed by atoms with Crippen molar-refractivity contribution in [2.75, 3.05) is 5.32 Å². The van der Waals surface area contributed by atoms with Crippen molar-refractivity contribution in [1.82, 2.24) is 30.1 Å². The van der Waals surface area contributed by atoms with E-state index < -0.39 is 5.83 Å². The van der Waals surface area contributed by atoms with Crippen LogP contribution in [0.3, 0.4) is 0 Å². The lowest BCUT2D eigenvalue weighted by Gasteiger charge is -2.13. The zero-order chi connectivity index (χ0) is 27.0. The first kappa shape index (κ1) is 25.2. The molecule has 0 bridgehead atoms. The fraction of sp³-hybridized carbons (Fsp3) is 0.143. The zero-order valence-electron chi connectivity index (χ0n) is 21.1. The van der Waals surface area contributed by atoms with Crippen LogP contribution >= 0.6 is 11.3 Å². The predicted octanol–water partition coefficient (Wildman–Crippen LogP) is 5.78. The molecule has 0 saturated carbocycles. The third-order valence-corrected chi connectivity index (χ3v) is 7.02. The largest absolute Gasteiger partial charge is 0.358 e. The first-order valence-electron chi connectivity index (χ1n) is 11.9. The molecule has 0 aliphatic carbocycles. The maximum absolute atomic E-state index is 16.1. The minimum Gasteiger partial charge on any atom is -0.358 e. The SMILES string of the molecule is C=C(/C(F)=c1/c(-c2nc3c(-c4ccc(F)s4)cncc3[nH]2)n[nH]/c1=C/C)c1cncc(NC(=C)C(C)C)c1. The summed E-state index contributed by atoms with van der Waals surface area (Å²) in [6.45, 7) is 13.9. The number of hydrogen-bond donors (Lipinski definition) is 3. The number of aromatic nitrogens is 6. The molecule has 7 nitrogen and oxygen atoms in total. The molecule has 0 radical (unpaired) electrons.